The molecule has 4 rings (SSSR count). The molecule has 0 amide bonds. The fourth-order valence-corrected chi connectivity index (χ4v) is 3.52. The van der Waals surface area contributed by atoms with Crippen LogP contribution in [0.4, 0.5) is 5.69 Å². The van der Waals surface area contributed by atoms with E-state index in [1.54, 1.807) is 0 Å². The van der Waals surface area contributed by atoms with Crippen LogP contribution < -0.4 is 34.3 Å². The number of unbranched alkanes of at least 4 members (excludes halogenated alkanes) is 1. The second kappa shape index (κ2) is 8.57. The first-order valence-corrected chi connectivity index (χ1v) is 9.23. The molecule has 0 saturated carbocycles. The van der Waals surface area contributed by atoms with E-state index < -0.39 is 0 Å². The molecule has 2 aromatic carbocycles. The Morgan fingerprint density at radius 3 is 2.56 bits per heavy atom. The van der Waals surface area contributed by atoms with E-state index in [9.17, 15) is 0 Å². The average Bonchev–Trinajstić information content (AvgIpc) is 3.09. The topological polar surface area (TPSA) is 45.7 Å². The zero-order chi connectivity index (χ0) is 17.9. The predicted molar refractivity (Wildman–Crippen MR) is 111 cm³/mol. The fourth-order valence-electron chi connectivity index (χ4n) is 3.52. The van der Waals surface area contributed by atoms with Gasteiger partial charge < -0.3 is 34.7 Å². The van der Waals surface area contributed by atoms with Gasteiger partial charge in [0.1, 0.15) is 6.54 Å². The van der Waals surface area contributed by atoms with E-state index in [1.165, 1.54) is 16.5 Å². The summed E-state index contributed by atoms with van der Waals surface area (Å²) < 4.78 is 2.38. The number of aromatic amines is 1. The van der Waals surface area contributed by atoms with E-state index in [1.807, 2.05) is 6.07 Å². The highest BCUT2D eigenvalue weighted by atomic mass is 127. The molecule has 0 bridgehead atoms. The maximum atomic E-state index is 6.34. The number of aryl methyl sites for hydroxylation is 1. The summed E-state index contributed by atoms with van der Waals surface area (Å²) >= 11 is 0. The van der Waals surface area contributed by atoms with Crippen molar-refractivity contribution < 1.29 is 28.5 Å². The largest absolute Gasteiger partial charge is 1.00 e. The summed E-state index contributed by atoms with van der Waals surface area (Å²) in [6, 6.07) is 18.8. The number of pyridine rings is 1. The summed E-state index contributed by atoms with van der Waals surface area (Å²) in [5.74, 6) is 0. The SMILES string of the molecule is CCCC[n+]1c(/C=C/c2c[nH]c3ccccc23)cc(N)c2ccccc21.[I-]. The quantitative estimate of drug-likeness (QED) is 0.342. The van der Waals surface area contributed by atoms with Crippen LogP contribution in [-0.4, -0.2) is 4.98 Å². The Balaban J connectivity index is 0.00000210. The molecular weight excluding hydrogens is 445 g/mol. The number of nitrogen functional groups attached to an aromatic ring is 1. The van der Waals surface area contributed by atoms with Crippen LogP contribution in [0.5, 0.6) is 0 Å². The number of nitrogens with two attached hydrogens (primary N) is 1. The summed E-state index contributed by atoms with van der Waals surface area (Å²) in [6.07, 6.45) is 8.71. The van der Waals surface area contributed by atoms with E-state index in [-0.39, 0.29) is 24.0 Å². The van der Waals surface area contributed by atoms with Crippen molar-refractivity contribution in [2.45, 2.75) is 26.3 Å². The first-order chi connectivity index (χ1) is 12.8. The van der Waals surface area contributed by atoms with E-state index >= 15 is 0 Å². The third-order valence-electron chi connectivity index (χ3n) is 4.91. The van der Waals surface area contributed by atoms with E-state index in [4.69, 9.17) is 5.73 Å². The molecule has 2 aromatic heterocycles. The summed E-state index contributed by atoms with van der Waals surface area (Å²) in [6.45, 7) is 3.21. The van der Waals surface area contributed by atoms with Crippen LogP contribution in [0.15, 0.2) is 60.8 Å². The van der Waals surface area contributed by atoms with Crippen molar-refractivity contribution in [2.24, 2.45) is 0 Å². The third-order valence-corrected chi connectivity index (χ3v) is 4.91. The highest BCUT2D eigenvalue weighted by Gasteiger charge is 2.16. The van der Waals surface area contributed by atoms with Gasteiger partial charge in [0.2, 0.25) is 11.2 Å². The van der Waals surface area contributed by atoms with E-state index in [0.717, 1.165) is 41.7 Å². The Bertz CT molecular complexity index is 1100. The Morgan fingerprint density at radius 1 is 1.00 bits per heavy atom. The summed E-state index contributed by atoms with van der Waals surface area (Å²) in [7, 11) is 0. The zero-order valence-electron chi connectivity index (χ0n) is 15.5. The molecule has 0 unspecified atom stereocenters. The van der Waals surface area contributed by atoms with Crippen molar-refractivity contribution in [1.29, 1.82) is 0 Å². The minimum atomic E-state index is 0. The molecule has 4 heteroatoms. The van der Waals surface area contributed by atoms with Gasteiger partial charge in [0.25, 0.3) is 0 Å². The molecule has 3 N–H and O–H groups in total. The van der Waals surface area contributed by atoms with Gasteiger partial charge in [-0.25, -0.2) is 0 Å². The van der Waals surface area contributed by atoms with Crippen molar-refractivity contribution in [2.75, 3.05) is 5.73 Å². The van der Waals surface area contributed by atoms with E-state index in [0.29, 0.717) is 0 Å². The van der Waals surface area contributed by atoms with Crippen LogP contribution in [0.1, 0.15) is 31.0 Å². The molecule has 3 nitrogen and oxygen atoms in total. The first kappa shape index (κ1) is 19.4. The summed E-state index contributed by atoms with van der Waals surface area (Å²) in [4.78, 5) is 3.33. The average molecular weight is 469 g/mol. The molecule has 0 radical (unpaired) electrons. The Kier molecular flexibility index (Phi) is 6.16. The molecular formula is C23H24IN3. The molecule has 0 atom stereocenters. The first-order valence-electron chi connectivity index (χ1n) is 9.23. The Hall–Kier alpha value is -2.34. The van der Waals surface area contributed by atoms with Gasteiger partial charge in [-0.15, -0.1) is 0 Å². The van der Waals surface area contributed by atoms with Gasteiger partial charge in [-0.05, 0) is 23.8 Å². The van der Waals surface area contributed by atoms with Gasteiger partial charge in [0.15, 0.2) is 0 Å². The molecule has 0 aliphatic carbocycles. The highest BCUT2D eigenvalue weighted by Crippen LogP contribution is 2.22. The van der Waals surface area contributed by atoms with Crippen LogP contribution in [0.2, 0.25) is 0 Å². The number of rotatable bonds is 5. The van der Waals surface area contributed by atoms with Gasteiger partial charge in [-0.1, -0.05) is 43.7 Å². The number of halogens is 1. The van der Waals surface area contributed by atoms with Gasteiger partial charge in [-0.3, -0.25) is 0 Å². The number of hydrogen-bond acceptors (Lipinski definition) is 1. The van der Waals surface area contributed by atoms with Gasteiger partial charge in [0, 0.05) is 41.7 Å². The number of hydrogen-bond donors (Lipinski definition) is 2. The number of nitrogens with one attached hydrogen (secondary N) is 1. The van der Waals surface area contributed by atoms with Crippen molar-refractivity contribution in [3.8, 4) is 0 Å². The van der Waals surface area contributed by atoms with Gasteiger partial charge >= 0.3 is 0 Å². The van der Waals surface area contributed by atoms with Crippen molar-refractivity contribution in [3.63, 3.8) is 0 Å². The van der Waals surface area contributed by atoms with Crippen LogP contribution in [0.3, 0.4) is 0 Å². The lowest BCUT2D eigenvalue weighted by molar-refractivity contribution is -0.673. The molecule has 0 fully saturated rings. The number of nitrogens with zero attached hydrogens (tertiary/aromatic N) is 1. The van der Waals surface area contributed by atoms with Crippen LogP contribution >= 0.6 is 0 Å². The molecule has 27 heavy (non-hydrogen) atoms. The minimum Gasteiger partial charge on any atom is -1.00 e. The predicted octanol–water partition coefficient (Wildman–Crippen LogP) is 2.17. The fraction of sp³-hybridized carbons (Fsp3) is 0.174. The van der Waals surface area contributed by atoms with Crippen molar-refractivity contribution in [3.05, 3.63) is 72.1 Å². The van der Waals surface area contributed by atoms with Crippen molar-refractivity contribution in [1.82, 2.24) is 4.98 Å². The Morgan fingerprint density at radius 2 is 1.74 bits per heavy atom. The molecule has 0 aliphatic heterocycles. The standard InChI is InChI=1S/C23H23N3.HI/c1-2-3-14-26-18(15-21(24)20-9-5-7-11-23(20)26)13-12-17-16-25-22-10-6-4-8-19(17)22;/h4-13,15-16H,2-3,14H2,1H3,(H2,24,25);1H. The number of anilines is 1. The second-order valence-corrected chi connectivity index (χ2v) is 6.67. The van der Waals surface area contributed by atoms with Crippen molar-refractivity contribution >= 4 is 39.6 Å². The summed E-state index contributed by atoms with van der Waals surface area (Å²) in [5, 5.41) is 2.35. The highest BCUT2D eigenvalue weighted by molar-refractivity contribution is 5.92. The van der Waals surface area contributed by atoms with Gasteiger partial charge in [0.05, 0.1) is 11.1 Å². The molecule has 0 saturated heterocycles. The number of para-hydroxylation sites is 2. The number of aromatic nitrogens is 2. The number of fused-ring (bicyclic) bond motifs is 2. The molecule has 0 spiro atoms. The molecule has 138 valence electrons. The van der Waals surface area contributed by atoms with Crippen LogP contribution in [-0.2, 0) is 6.54 Å². The smallest absolute Gasteiger partial charge is 0.215 e. The molecule has 2 heterocycles. The number of H-pyrrole nitrogens is 1. The lowest BCUT2D eigenvalue weighted by Crippen LogP contribution is -3.00. The maximum absolute atomic E-state index is 6.34. The van der Waals surface area contributed by atoms with Crippen LogP contribution in [0.25, 0.3) is 34.0 Å². The number of benzene rings is 2. The zero-order valence-corrected chi connectivity index (χ0v) is 17.6. The van der Waals surface area contributed by atoms with Crippen LogP contribution in [0, 0.1) is 0 Å². The minimum absolute atomic E-state index is 0. The van der Waals surface area contributed by atoms with E-state index in [2.05, 4.69) is 83.4 Å². The maximum Gasteiger partial charge on any atom is 0.215 e. The normalized spacial score (nSPS) is 11.3. The third kappa shape index (κ3) is 3.86. The lowest BCUT2D eigenvalue weighted by Gasteiger charge is -2.07. The monoisotopic (exact) mass is 469 g/mol. The summed E-state index contributed by atoms with van der Waals surface area (Å²) in [5.41, 5.74) is 11.8. The molecule has 0 aliphatic rings. The molecule has 4 aromatic rings. The Labute approximate surface area is 176 Å². The second-order valence-electron chi connectivity index (χ2n) is 6.67. The lowest BCUT2D eigenvalue weighted by atomic mass is 10.1. The van der Waals surface area contributed by atoms with Gasteiger partial charge in [-0.2, -0.15) is 4.57 Å².